The first-order valence-electron chi connectivity index (χ1n) is 5.71. The molecule has 2 heterocycles. The first-order valence-corrected chi connectivity index (χ1v) is 5.71. The molecule has 94 valence electrons. The van der Waals surface area contributed by atoms with Gasteiger partial charge in [-0.1, -0.05) is 0 Å². The average Bonchev–Trinajstić information content (AvgIpc) is 2.31. The van der Waals surface area contributed by atoms with Crippen molar-refractivity contribution in [2.24, 2.45) is 0 Å². The predicted octanol–water partition coefficient (Wildman–Crippen LogP) is 2.39. The fourth-order valence-corrected chi connectivity index (χ4v) is 2.77. The number of ether oxygens (including phenoxy) is 1. The standard InChI is InChI=1S/C13H18FNO2/c1-11(2)8-13(16,12(3,4)17-11)9-5-6-15-7-10(9)14/h5-7,16H,8H2,1-4H3. The highest BCUT2D eigenvalue weighted by molar-refractivity contribution is 5.28. The van der Waals surface area contributed by atoms with Gasteiger partial charge in [0, 0.05) is 18.2 Å². The van der Waals surface area contributed by atoms with Crippen LogP contribution in [0.1, 0.15) is 39.7 Å². The lowest BCUT2D eigenvalue weighted by atomic mass is 9.77. The van der Waals surface area contributed by atoms with Crippen molar-refractivity contribution in [1.29, 1.82) is 0 Å². The molecule has 0 saturated carbocycles. The van der Waals surface area contributed by atoms with Gasteiger partial charge in [0.25, 0.3) is 0 Å². The Hall–Kier alpha value is -1.00. The molecule has 1 saturated heterocycles. The quantitative estimate of drug-likeness (QED) is 0.818. The number of aliphatic hydroxyl groups is 1. The molecule has 0 aromatic carbocycles. The first kappa shape index (κ1) is 12.5. The van der Waals surface area contributed by atoms with Crippen LogP contribution in [0.2, 0.25) is 0 Å². The Morgan fingerprint density at radius 1 is 1.35 bits per heavy atom. The number of aromatic nitrogens is 1. The summed E-state index contributed by atoms with van der Waals surface area (Å²) in [4.78, 5) is 3.70. The number of nitrogens with zero attached hydrogens (tertiary/aromatic N) is 1. The topological polar surface area (TPSA) is 42.4 Å². The van der Waals surface area contributed by atoms with E-state index in [1.54, 1.807) is 13.8 Å². The van der Waals surface area contributed by atoms with Gasteiger partial charge < -0.3 is 9.84 Å². The lowest BCUT2D eigenvalue weighted by Gasteiger charge is -2.35. The molecule has 3 nitrogen and oxygen atoms in total. The summed E-state index contributed by atoms with van der Waals surface area (Å²) < 4.78 is 19.6. The van der Waals surface area contributed by atoms with Crippen LogP contribution in [0.3, 0.4) is 0 Å². The van der Waals surface area contributed by atoms with Crippen molar-refractivity contribution in [2.45, 2.75) is 50.9 Å². The zero-order chi connectivity index (χ0) is 12.9. The molecular weight excluding hydrogens is 221 g/mol. The molecule has 1 fully saturated rings. The molecule has 0 aliphatic carbocycles. The van der Waals surface area contributed by atoms with Gasteiger partial charge in [-0.2, -0.15) is 0 Å². The molecule has 4 heteroatoms. The highest BCUT2D eigenvalue weighted by Gasteiger charge is 2.58. The first-order chi connectivity index (χ1) is 7.68. The molecule has 0 bridgehead atoms. The van der Waals surface area contributed by atoms with Crippen LogP contribution < -0.4 is 0 Å². The molecule has 17 heavy (non-hydrogen) atoms. The Bertz CT molecular complexity index is 445. The molecule has 1 aliphatic rings. The van der Waals surface area contributed by atoms with E-state index in [1.807, 2.05) is 13.8 Å². The number of halogens is 1. The molecule has 1 aliphatic heterocycles. The van der Waals surface area contributed by atoms with Gasteiger partial charge in [0.1, 0.15) is 11.4 Å². The Morgan fingerprint density at radius 3 is 2.47 bits per heavy atom. The summed E-state index contributed by atoms with van der Waals surface area (Å²) in [5.41, 5.74) is -2.39. The van der Waals surface area contributed by atoms with Gasteiger partial charge >= 0.3 is 0 Å². The van der Waals surface area contributed by atoms with Gasteiger partial charge in [-0.25, -0.2) is 4.39 Å². The normalized spacial score (nSPS) is 30.5. The van der Waals surface area contributed by atoms with Crippen LogP contribution in [0, 0.1) is 5.82 Å². The van der Waals surface area contributed by atoms with Crippen molar-refractivity contribution in [2.75, 3.05) is 0 Å². The number of hydrogen-bond donors (Lipinski definition) is 1. The summed E-state index contributed by atoms with van der Waals surface area (Å²) in [7, 11) is 0. The third-order valence-corrected chi connectivity index (χ3v) is 3.43. The van der Waals surface area contributed by atoms with E-state index in [2.05, 4.69) is 4.98 Å². The Balaban J connectivity index is 2.54. The predicted molar refractivity (Wildman–Crippen MR) is 62.0 cm³/mol. The monoisotopic (exact) mass is 239 g/mol. The minimum absolute atomic E-state index is 0.253. The summed E-state index contributed by atoms with van der Waals surface area (Å²) in [5.74, 6) is -0.496. The molecule has 0 amide bonds. The van der Waals surface area contributed by atoms with Crippen LogP contribution in [0.25, 0.3) is 0 Å². The number of pyridine rings is 1. The third kappa shape index (κ3) is 1.85. The maximum Gasteiger partial charge on any atom is 0.147 e. The Morgan fingerprint density at radius 2 is 2.00 bits per heavy atom. The Kier molecular flexibility index (Phi) is 2.56. The van der Waals surface area contributed by atoms with Crippen molar-refractivity contribution >= 4 is 0 Å². The number of rotatable bonds is 1. The van der Waals surface area contributed by atoms with Crippen LogP contribution in [0.5, 0.6) is 0 Å². The SMILES string of the molecule is CC1(C)CC(O)(c2ccncc2F)C(C)(C)O1. The lowest BCUT2D eigenvalue weighted by Crippen LogP contribution is -2.44. The molecule has 2 rings (SSSR count). The van der Waals surface area contributed by atoms with Crippen molar-refractivity contribution in [1.82, 2.24) is 4.98 Å². The summed E-state index contributed by atoms with van der Waals surface area (Å²) in [6.45, 7) is 7.35. The molecule has 1 aromatic heterocycles. The fourth-order valence-electron chi connectivity index (χ4n) is 2.77. The number of hydrogen-bond acceptors (Lipinski definition) is 3. The molecule has 0 spiro atoms. The van der Waals surface area contributed by atoms with Crippen LogP contribution in [-0.2, 0) is 10.3 Å². The largest absolute Gasteiger partial charge is 0.382 e. The maximum absolute atomic E-state index is 13.8. The van der Waals surface area contributed by atoms with Crippen LogP contribution in [-0.4, -0.2) is 21.3 Å². The average molecular weight is 239 g/mol. The second-order valence-electron chi connectivity index (χ2n) is 5.76. The molecule has 1 atom stereocenters. The fraction of sp³-hybridized carbons (Fsp3) is 0.615. The molecule has 1 aromatic rings. The molecule has 1 unspecified atom stereocenters. The van der Waals surface area contributed by atoms with Gasteiger partial charge in [0.15, 0.2) is 0 Å². The second-order valence-corrected chi connectivity index (χ2v) is 5.76. The third-order valence-electron chi connectivity index (χ3n) is 3.43. The van der Waals surface area contributed by atoms with Gasteiger partial charge in [-0.05, 0) is 33.8 Å². The van der Waals surface area contributed by atoms with Crippen LogP contribution >= 0.6 is 0 Å². The highest BCUT2D eigenvalue weighted by atomic mass is 19.1. The van der Waals surface area contributed by atoms with E-state index >= 15 is 0 Å². The van der Waals surface area contributed by atoms with E-state index in [0.717, 1.165) is 6.20 Å². The minimum Gasteiger partial charge on any atom is -0.382 e. The summed E-state index contributed by atoms with van der Waals surface area (Å²) in [5, 5.41) is 10.8. The zero-order valence-electron chi connectivity index (χ0n) is 10.6. The maximum atomic E-state index is 13.8. The summed E-state index contributed by atoms with van der Waals surface area (Å²) in [6.07, 6.45) is 2.96. The van der Waals surface area contributed by atoms with E-state index in [1.165, 1.54) is 12.3 Å². The van der Waals surface area contributed by atoms with Crippen molar-refractivity contribution in [3.63, 3.8) is 0 Å². The van der Waals surface area contributed by atoms with E-state index in [4.69, 9.17) is 4.74 Å². The van der Waals surface area contributed by atoms with Crippen molar-refractivity contribution in [3.05, 3.63) is 29.8 Å². The van der Waals surface area contributed by atoms with E-state index in [0.29, 0.717) is 6.42 Å². The van der Waals surface area contributed by atoms with Gasteiger partial charge in [-0.3, -0.25) is 4.98 Å². The van der Waals surface area contributed by atoms with Gasteiger partial charge in [0.05, 0.1) is 17.4 Å². The van der Waals surface area contributed by atoms with Crippen molar-refractivity contribution in [3.8, 4) is 0 Å². The van der Waals surface area contributed by atoms with Crippen LogP contribution in [0.4, 0.5) is 4.39 Å². The summed E-state index contributed by atoms with van der Waals surface area (Å²) >= 11 is 0. The van der Waals surface area contributed by atoms with E-state index < -0.39 is 22.6 Å². The zero-order valence-corrected chi connectivity index (χ0v) is 10.6. The Labute approximate surface area is 101 Å². The second kappa shape index (κ2) is 3.50. The van der Waals surface area contributed by atoms with Crippen LogP contribution in [0.15, 0.2) is 18.5 Å². The molecule has 0 radical (unpaired) electrons. The van der Waals surface area contributed by atoms with Gasteiger partial charge in [-0.15, -0.1) is 0 Å². The minimum atomic E-state index is -1.33. The highest BCUT2D eigenvalue weighted by Crippen LogP contribution is 2.51. The molecule has 1 N–H and O–H groups in total. The van der Waals surface area contributed by atoms with E-state index in [-0.39, 0.29) is 5.56 Å². The van der Waals surface area contributed by atoms with E-state index in [9.17, 15) is 9.50 Å². The molecular formula is C13H18FNO2. The van der Waals surface area contributed by atoms with Crippen molar-refractivity contribution < 1.29 is 14.2 Å². The smallest absolute Gasteiger partial charge is 0.147 e. The van der Waals surface area contributed by atoms with Gasteiger partial charge in [0.2, 0.25) is 0 Å². The summed E-state index contributed by atoms with van der Waals surface area (Å²) in [6, 6.07) is 1.52. The lowest BCUT2D eigenvalue weighted by molar-refractivity contribution is -0.130.